The quantitative estimate of drug-likeness (QED) is 0.756. The molecular formula is C13H15NO. The van der Waals surface area contributed by atoms with Crippen LogP contribution in [-0.2, 0) is 0 Å². The molecule has 1 aromatic carbocycles. The molecule has 0 amide bonds. The van der Waals surface area contributed by atoms with Crippen LogP contribution >= 0.6 is 0 Å². The molecule has 2 nitrogen and oxygen atoms in total. The number of pyridine rings is 1. The first kappa shape index (κ1) is 9.97. The lowest BCUT2D eigenvalue weighted by atomic mass is 9.95. The zero-order valence-electron chi connectivity index (χ0n) is 9.29. The highest BCUT2D eigenvalue weighted by atomic mass is 16.1. The summed E-state index contributed by atoms with van der Waals surface area (Å²) in [5.41, 5.74) is 2.29. The summed E-state index contributed by atoms with van der Waals surface area (Å²) in [5.74, 6) is 0.372. The van der Waals surface area contributed by atoms with Gasteiger partial charge in [0.1, 0.15) is 0 Å². The molecule has 0 saturated carbocycles. The maximum atomic E-state index is 11.8. The third-order valence-electron chi connectivity index (χ3n) is 2.81. The van der Waals surface area contributed by atoms with Crippen molar-refractivity contribution in [3.8, 4) is 0 Å². The number of hydrogen-bond acceptors (Lipinski definition) is 1. The van der Waals surface area contributed by atoms with Gasteiger partial charge in [0.15, 0.2) is 0 Å². The molecule has 2 heteroatoms. The Morgan fingerprint density at radius 3 is 2.60 bits per heavy atom. The van der Waals surface area contributed by atoms with Gasteiger partial charge in [-0.1, -0.05) is 26.0 Å². The molecule has 0 fully saturated rings. The van der Waals surface area contributed by atoms with Gasteiger partial charge in [-0.15, -0.1) is 0 Å². The van der Waals surface area contributed by atoms with Crippen LogP contribution in [0.5, 0.6) is 0 Å². The average molecular weight is 201 g/mol. The Morgan fingerprint density at radius 1 is 1.20 bits per heavy atom. The highest BCUT2D eigenvalue weighted by molar-refractivity contribution is 5.87. The number of hydrogen-bond donors (Lipinski definition) is 1. The van der Waals surface area contributed by atoms with Crippen molar-refractivity contribution in [2.75, 3.05) is 0 Å². The lowest BCUT2D eigenvalue weighted by molar-refractivity contribution is 0.874. The van der Waals surface area contributed by atoms with Gasteiger partial charge < -0.3 is 4.98 Å². The van der Waals surface area contributed by atoms with Crippen molar-refractivity contribution in [3.63, 3.8) is 0 Å². The molecule has 0 spiro atoms. The molecule has 2 rings (SSSR count). The first-order valence-corrected chi connectivity index (χ1v) is 5.22. The normalized spacial score (nSPS) is 11.2. The van der Waals surface area contributed by atoms with E-state index < -0.39 is 0 Å². The van der Waals surface area contributed by atoms with Crippen LogP contribution < -0.4 is 5.56 Å². The van der Waals surface area contributed by atoms with Gasteiger partial charge >= 0.3 is 0 Å². The summed E-state index contributed by atoms with van der Waals surface area (Å²) in [4.78, 5) is 14.5. The van der Waals surface area contributed by atoms with E-state index in [1.165, 1.54) is 0 Å². The second-order valence-electron chi connectivity index (χ2n) is 4.22. The van der Waals surface area contributed by atoms with Crippen LogP contribution in [0.1, 0.15) is 30.9 Å². The standard InChI is InChI=1S/C13H15NO/c1-8(2)10-5-4-9(3)11-6-7-14-13(15)12(10)11/h4-8H,1-3H3,(H,14,15). The number of aromatic nitrogens is 1. The van der Waals surface area contributed by atoms with Crippen LogP contribution in [0.15, 0.2) is 29.2 Å². The molecule has 0 saturated heterocycles. The van der Waals surface area contributed by atoms with Crippen LogP contribution in [0, 0.1) is 6.92 Å². The van der Waals surface area contributed by atoms with Crippen molar-refractivity contribution in [3.05, 3.63) is 45.9 Å². The number of aryl methyl sites for hydroxylation is 1. The number of aromatic amines is 1. The summed E-state index contributed by atoms with van der Waals surface area (Å²) in [5, 5.41) is 1.90. The van der Waals surface area contributed by atoms with E-state index in [2.05, 4.69) is 31.0 Å². The SMILES string of the molecule is Cc1ccc(C(C)C)c2c(=O)[nH]ccc12. The maximum absolute atomic E-state index is 11.8. The number of benzene rings is 1. The fourth-order valence-electron chi connectivity index (χ4n) is 1.96. The zero-order chi connectivity index (χ0) is 11.0. The Morgan fingerprint density at radius 2 is 1.93 bits per heavy atom. The summed E-state index contributed by atoms with van der Waals surface area (Å²) in [6.07, 6.45) is 1.71. The third-order valence-corrected chi connectivity index (χ3v) is 2.81. The summed E-state index contributed by atoms with van der Waals surface area (Å²) in [7, 11) is 0. The minimum Gasteiger partial charge on any atom is -0.329 e. The van der Waals surface area contributed by atoms with Gasteiger partial charge in [-0.3, -0.25) is 4.79 Å². The fraction of sp³-hybridized carbons (Fsp3) is 0.308. The second-order valence-corrected chi connectivity index (χ2v) is 4.22. The van der Waals surface area contributed by atoms with Crippen LogP contribution in [0.2, 0.25) is 0 Å². The molecule has 0 radical (unpaired) electrons. The van der Waals surface area contributed by atoms with Crippen molar-refractivity contribution in [1.29, 1.82) is 0 Å². The highest BCUT2D eigenvalue weighted by Crippen LogP contribution is 2.24. The number of fused-ring (bicyclic) bond motifs is 1. The molecule has 1 aromatic heterocycles. The van der Waals surface area contributed by atoms with Gasteiger partial charge in [0.25, 0.3) is 5.56 Å². The molecule has 0 unspecified atom stereocenters. The molecule has 0 aliphatic rings. The average Bonchev–Trinajstić information content (AvgIpc) is 2.19. The van der Waals surface area contributed by atoms with E-state index in [0.717, 1.165) is 21.9 Å². The van der Waals surface area contributed by atoms with Gasteiger partial charge in [-0.2, -0.15) is 0 Å². The molecule has 0 atom stereocenters. The lowest BCUT2D eigenvalue weighted by Gasteiger charge is -2.10. The third kappa shape index (κ3) is 1.56. The van der Waals surface area contributed by atoms with Gasteiger partial charge in [0.05, 0.1) is 5.39 Å². The molecular weight excluding hydrogens is 186 g/mol. The van der Waals surface area contributed by atoms with Crippen molar-refractivity contribution >= 4 is 10.8 Å². The van der Waals surface area contributed by atoms with E-state index in [1.54, 1.807) is 6.20 Å². The molecule has 0 bridgehead atoms. The molecule has 2 aromatic rings. The number of nitrogens with one attached hydrogen (secondary N) is 1. The summed E-state index contributed by atoms with van der Waals surface area (Å²) < 4.78 is 0. The summed E-state index contributed by atoms with van der Waals surface area (Å²) in [6.45, 7) is 6.25. The Hall–Kier alpha value is -1.57. The van der Waals surface area contributed by atoms with Gasteiger partial charge in [0.2, 0.25) is 0 Å². The Balaban J connectivity index is 2.97. The second kappa shape index (κ2) is 3.54. The predicted octanol–water partition coefficient (Wildman–Crippen LogP) is 2.96. The lowest BCUT2D eigenvalue weighted by Crippen LogP contribution is -2.08. The molecule has 1 heterocycles. The minimum atomic E-state index is 0.0138. The van der Waals surface area contributed by atoms with Gasteiger partial charge in [-0.25, -0.2) is 0 Å². The molecule has 78 valence electrons. The van der Waals surface area contributed by atoms with Crippen molar-refractivity contribution < 1.29 is 0 Å². The Bertz CT molecular complexity index is 552. The van der Waals surface area contributed by atoms with E-state index in [1.807, 2.05) is 13.0 Å². The Kier molecular flexibility index (Phi) is 2.35. The van der Waals surface area contributed by atoms with Gasteiger partial charge in [0, 0.05) is 6.20 Å². The van der Waals surface area contributed by atoms with Crippen molar-refractivity contribution in [1.82, 2.24) is 4.98 Å². The van der Waals surface area contributed by atoms with E-state index in [0.29, 0.717) is 5.92 Å². The van der Waals surface area contributed by atoms with E-state index >= 15 is 0 Å². The molecule has 0 aliphatic carbocycles. The predicted molar refractivity (Wildman–Crippen MR) is 63.4 cm³/mol. The molecule has 0 aliphatic heterocycles. The van der Waals surface area contributed by atoms with Crippen molar-refractivity contribution in [2.24, 2.45) is 0 Å². The molecule has 15 heavy (non-hydrogen) atoms. The van der Waals surface area contributed by atoms with Crippen LogP contribution in [0.4, 0.5) is 0 Å². The minimum absolute atomic E-state index is 0.0138. The van der Waals surface area contributed by atoms with E-state index in [4.69, 9.17) is 0 Å². The van der Waals surface area contributed by atoms with Crippen molar-refractivity contribution in [2.45, 2.75) is 26.7 Å². The van der Waals surface area contributed by atoms with Crippen LogP contribution in [-0.4, -0.2) is 4.98 Å². The number of rotatable bonds is 1. The smallest absolute Gasteiger partial charge is 0.256 e. The van der Waals surface area contributed by atoms with E-state index in [-0.39, 0.29) is 5.56 Å². The van der Waals surface area contributed by atoms with E-state index in [9.17, 15) is 4.79 Å². The first-order chi connectivity index (χ1) is 7.11. The topological polar surface area (TPSA) is 32.9 Å². The maximum Gasteiger partial charge on any atom is 0.256 e. The highest BCUT2D eigenvalue weighted by Gasteiger charge is 2.09. The summed E-state index contributed by atoms with van der Waals surface area (Å²) >= 11 is 0. The first-order valence-electron chi connectivity index (χ1n) is 5.22. The van der Waals surface area contributed by atoms with Crippen LogP contribution in [0.3, 0.4) is 0 Å². The largest absolute Gasteiger partial charge is 0.329 e. The summed E-state index contributed by atoms with van der Waals surface area (Å²) in [6, 6.07) is 6.10. The van der Waals surface area contributed by atoms with Crippen LogP contribution in [0.25, 0.3) is 10.8 Å². The molecule has 1 N–H and O–H groups in total. The zero-order valence-corrected chi connectivity index (χ0v) is 9.29. The Labute approximate surface area is 89.0 Å². The fourth-order valence-corrected chi connectivity index (χ4v) is 1.96. The monoisotopic (exact) mass is 201 g/mol. The number of H-pyrrole nitrogens is 1. The van der Waals surface area contributed by atoms with Gasteiger partial charge in [-0.05, 0) is 35.4 Å².